The van der Waals surface area contributed by atoms with Crippen LogP contribution in [0.4, 0.5) is 10.1 Å². The van der Waals surface area contributed by atoms with Gasteiger partial charge in [-0.3, -0.25) is 0 Å². The minimum atomic E-state index is -0.200. The standard InChI is InChI=1S/C23H22FN2S/c1-3-25-18(14-13-17-9-5-6-10-20(17)25)15-16-19(24)23-26(4-2)21-11-7-8-12-22(21)27-23/h5-16H,3-4H2,1-2H3/q+1. The van der Waals surface area contributed by atoms with Crippen LogP contribution >= 0.6 is 11.8 Å². The fourth-order valence-electron chi connectivity index (χ4n) is 3.53. The molecule has 0 saturated heterocycles. The summed E-state index contributed by atoms with van der Waals surface area (Å²) < 4.78 is 17.3. The fraction of sp³-hybridized carbons (Fsp3) is 0.174. The molecule has 2 nitrogen and oxygen atoms in total. The van der Waals surface area contributed by atoms with Crippen LogP contribution < -0.4 is 9.47 Å². The van der Waals surface area contributed by atoms with Gasteiger partial charge in [0.1, 0.15) is 11.6 Å². The maximum absolute atomic E-state index is 15.1. The van der Waals surface area contributed by atoms with Crippen LogP contribution in [-0.2, 0) is 6.54 Å². The molecule has 0 fully saturated rings. The number of para-hydroxylation sites is 2. The number of allylic oxidation sites excluding steroid dienone is 2. The predicted molar refractivity (Wildman–Crippen MR) is 112 cm³/mol. The largest absolute Gasteiger partial charge is 0.333 e. The maximum atomic E-state index is 15.1. The average Bonchev–Trinajstić information content (AvgIpc) is 3.10. The van der Waals surface area contributed by atoms with E-state index in [2.05, 4.69) is 35.8 Å². The summed E-state index contributed by atoms with van der Waals surface area (Å²) in [6, 6.07) is 20.5. The van der Waals surface area contributed by atoms with E-state index in [0.29, 0.717) is 5.03 Å². The Morgan fingerprint density at radius 3 is 2.63 bits per heavy atom. The lowest BCUT2D eigenvalue weighted by Gasteiger charge is -2.17. The van der Waals surface area contributed by atoms with Crippen molar-refractivity contribution in [2.75, 3.05) is 11.4 Å². The SMILES string of the molecule is CCN1/C(=C(F)\C=C\c2ccc3ccccc3[n+]2CC)Sc2ccccc21. The second-order valence-corrected chi connectivity index (χ2v) is 7.39. The van der Waals surface area contributed by atoms with Gasteiger partial charge >= 0.3 is 0 Å². The Balaban J connectivity index is 1.71. The monoisotopic (exact) mass is 377 g/mol. The minimum absolute atomic E-state index is 0.200. The van der Waals surface area contributed by atoms with Crippen LogP contribution in [0.1, 0.15) is 19.5 Å². The maximum Gasteiger partial charge on any atom is 0.212 e. The van der Waals surface area contributed by atoms with Gasteiger partial charge in [0.15, 0.2) is 5.83 Å². The number of nitrogens with zero attached hydrogens (tertiary/aromatic N) is 2. The van der Waals surface area contributed by atoms with Crippen molar-refractivity contribution in [3.63, 3.8) is 0 Å². The first-order chi connectivity index (χ1) is 13.2. The topological polar surface area (TPSA) is 7.12 Å². The molecule has 0 aliphatic carbocycles. The van der Waals surface area contributed by atoms with Crippen molar-refractivity contribution in [3.05, 3.63) is 83.3 Å². The Kier molecular flexibility index (Phi) is 4.99. The van der Waals surface area contributed by atoms with Gasteiger partial charge < -0.3 is 4.90 Å². The number of aryl methyl sites for hydroxylation is 1. The van der Waals surface area contributed by atoms with Crippen molar-refractivity contribution < 1.29 is 8.96 Å². The highest BCUT2D eigenvalue weighted by molar-refractivity contribution is 8.03. The summed E-state index contributed by atoms with van der Waals surface area (Å²) in [7, 11) is 0. The van der Waals surface area contributed by atoms with Crippen LogP contribution in [0.5, 0.6) is 0 Å². The van der Waals surface area contributed by atoms with Gasteiger partial charge in [-0.2, -0.15) is 4.57 Å². The normalized spacial score (nSPS) is 15.6. The van der Waals surface area contributed by atoms with E-state index in [9.17, 15) is 0 Å². The Labute approximate surface area is 163 Å². The molecule has 2 aromatic carbocycles. The molecule has 4 rings (SSSR count). The summed E-state index contributed by atoms with van der Waals surface area (Å²) in [5.74, 6) is -0.200. The lowest BCUT2D eigenvalue weighted by atomic mass is 10.1. The molecule has 0 spiro atoms. The van der Waals surface area contributed by atoms with E-state index in [1.54, 1.807) is 6.08 Å². The first-order valence-corrected chi connectivity index (χ1v) is 10.1. The minimum Gasteiger partial charge on any atom is -0.333 e. The summed E-state index contributed by atoms with van der Waals surface area (Å²) in [5, 5.41) is 1.85. The molecule has 1 aromatic heterocycles. The molecule has 0 unspecified atom stereocenters. The second-order valence-electron chi connectivity index (χ2n) is 6.36. The molecule has 0 N–H and O–H groups in total. The van der Waals surface area contributed by atoms with Gasteiger partial charge in [-0.15, -0.1) is 0 Å². The van der Waals surface area contributed by atoms with Crippen molar-refractivity contribution in [1.82, 2.24) is 0 Å². The second kappa shape index (κ2) is 7.57. The summed E-state index contributed by atoms with van der Waals surface area (Å²) >= 11 is 1.50. The lowest BCUT2D eigenvalue weighted by Crippen LogP contribution is -2.36. The molecular weight excluding hydrogens is 355 g/mol. The average molecular weight is 378 g/mol. The summed E-state index contributed by atoms with van der Waals surface area (Å²) in [6.45, 7) is 5.74. The summed E-state index contributed by atoms with van der Waals surface area (Å²) in [4.78, 5) is 3.14. The van der Waals surface area contributed by atoms with Crippen molar-refractivity contribution in [2.24, 2.45) is 0 Å². The van der Waals surface area contributed by atoms with Gasteiger partial charge in [0.2, 0.25) is 11.2 Å². The third-order valence-corrected chi connectivity index (χ3v) is 5.99. The highest BCUT2D eigenvalue weighted by Gasteiger charge is 2.26. The number of hydrogen-bond acceptors (Lipinski definition) is 2. The van der Waals surface area contributed by atoms with E-state index < -0.39 is 0 Å². The molecule has 0 amide bonds. The Hall–Kier alpha value is -2.59. The number of thioether (sulfide) groups is 1. The zero-order valence-corrected chi connectivity index (χ0v) is 16.3. The Morgan fingerprint density at radius 1 is 1.04 bits per heavy atom. The molecule has 27 heavy (non-hydrogen) atoms. The van der Waals surface area contributed by atoms with E-state index in [4.69, 9.17) is 0 Å². The Bertz CT molecular complexity index is 1060. The van der Waals surface area contributed by atoms with Gasteiger partial charge in [0.05, 0.1) is 5.69 Å². The molecule has 0 radical (unpaired) electrons. The Morgan fingerprint density at radius 2 is 1.81 bits per heavy atom. The van der Waals surface area contributed by atoms with Crippen molar-refractivity contribution >= 4 is 34.4 Å². The number of hydrogen-bond donors (Lipinski definition) is 0. The van der Waals surface area contributed by atoms with Crippen LogP contribution in [0.15, 0.2) is 82.5 Å². The number of pyridine rings is 1. The van der Waals surface area contributed by atoms with E-state index in [1.165, 1.54) is 17.1 Å². The summed E-state index contributed by atoms with van der Waals surface area (Å²) in [6.07, 6.45) is 3.46. The van der Waals surface area contributed by atoms with E-state index in [1.807, 2.05) is 54.3 Å². The fourth-order valence-corrected chi connectivity index (χ4v) is 4.67. The van der Waals surface area contributed by atoms with Crippen LogP contribution in [0.2, 0.25) is 0 Å². The number of anilines is 1. The number of rotatable bonds is 4. The lowest BCUT2D eigenvalue weighted by molar-refractivity contribution is -0.669. The van der Waals surface area contributed by atoms with E-state index in [0.717, 1.165) is 34.9 Å². The molecule has 1 aliphatic heterocycles. The van der Waals surface area contributed by atoms with Crippen LogP contribution in [-0.4, -0.2) is 6.54 Å². The van der Waals surface area contributed by atoms with Gasteiger partial charge in [-0.1, -0.05) is 36.0 Å². The molecule has 136 valence electrons. The number of aromatic nitrogens is 1. The molecule has 1 aliphatic rings. The molecule has 2 heterocycles. The van der Waals surface area contributed by atoms with E-state index in [-0.39, 0.29) is 5.83 Å². The zero-order chi connectivity index (χ0) is 18.8. The summed E-state index contributed by atoms with van der Waals surface area (Å²) in [5.41, 5.74) is 3.24. The van der Waals surface area contributed by atoms with Crippen LogP contribution in [0, 0.1) is 0 Å². The molecule has 0 saturated carbocycles. The molecule has 0 atom stereocenters. The van der Waals surface area contributed by atoms with E-state index >= 15 is 4.39 Å². The highest BCUT2D eigenvalue weighted by atomic mass is 32.2. The predicted octanol–water partition coefficient (Wildman–Crippen LogP) is 5.93. The number of halogens is 1. The third-order valence-electron chi connectivity index (χ3n) is 4.82. The molecule has 4 heteroatoms. The smallest absolute Gasteiger partial charge is 0.212 e. The van der Waals surface area contributed by atoms with Crippen molar-refractivity contribution in [1.29, 1.82) is 0 Å². The molecule has 0 bridgehead atoms. The molecule has 3 aromatic rings. The zero-order valence-electron chi connectivity index (χ0n) is 15.5. The van der Waals surface area contributed by atoms with Gasteiger partial charge in [-0.05, 0) is 44.2 Å². The number of fused-ring (bicyclic) bond motifs is 2. The first kappa shape index (κ1) is 17.8. The highest BCUT2D eigenvalue weighted by Crippen LogP contribution is 2.47. The van der Waals surface area contributed by atoms with Crippen molar-refractivity contribution in [3.8, 4) is 0 Å². The van der Waals surface area contributed by atoms with Gasteiger partial charge in [-0.25, -0.2) is 4.39 Å². The molecular formula is C23H22FN2S+. The van der Waals surface area contributed by atoms with Gasteiger partial charge in [0.25, 0.3) is 0 Å². The van der Waals surface area contributed by atoms with Crippen LogP contribution in [0.3, 0.4) is 0 Å². The van der Waals surface area contributed by atoms with Crippen LogP contribution in [0.25, 0.3) is 17.0 Å². The van der Waals surface area contributed by atoms with Crippen molar-refractivity contribution in [2.45, 2.75) is 25.3 Å². The first-order valence-electron chi connectivity index (χ1n) is 9.26. The van der Waals surface area contributed by atoms with Gasteiger partial charge in [0, 0.05) is 35.0 Å². The quantitative estimate of drug-likeness (QED) is 0.520. The third kappa shape index (κ3) is 3.26. The number of benzene rings is 2.